The Morgan fingerprint density at radius 2 is 2.17 bits per heavy atom. The van der Waals surface area contributed by atoms with Crippen LogP contribution in [0.3, 0.4) is 0 Å². The van der Waals surface area contributed by atoms with Crippen LogP contribution >= 0.6 is 0 Å². The standard InChI is InChI=1S/C14H16N2O2/c1-10-4-3-5-12(6-10)9-15-14(17)8-13-7-11(2)18-16-13/h3-7H,8-9H2,1-2H3,(H,15,17). The fraction of sp³-hybridized carbons (Fsp3) is 0.286. The highest BCUT2D eigenvalue weighted by Crippen LogP contribution is 2.04. The topological polar surface area (TPSA) is 55.1 Å². The quantitative estimate of drug-likeness (QED) is 0.896. The van der Waals surface area contributed by atoms with E-state index in [-0.39, 0.29) is 12.3 Å². The molecule has 2 aromatic rings. The number of carbonyl (C=O) groups excluding carboxylic acids is 1. The molecule has 1 amide bonds. The number of aryl methyl sites for hydroxylation is 2. The normalized spacial score (nSPS) is 10.3. The van der Waals surface area contributed by atoms with Gasteiger partial charge in [-0.1, -0.05) is 35.0 Å². The summed E-state index contributed by atoms with van der Waals surface area (Å²) in [5, 5.41) is 6.65. The third kappa shape index (κ3) is 3.45. The van der Waals surface area contributed by atoms with Crippen LogP contribution in [0, 0.1) is 13.8 Å². The van der Waals surface area contributed by atoms with Gasteiger partial charge >= 0.3 is 0 Å². The van der Waals surface area contributed by atoms with Gasteiger partial charge in [-0.15, -0.1) is 0 Å². The summed E-state index contributed by atoms with van der Waals surface area (Å²) < 4.78 is 4.91. The molecule has 18 heavy (non-hydrogen) atoms. The van der Waals surface area contributed by atoms with Gasteiger partial charge < -0.3 is 9.84 Å². The zero-order chi connectivity index (χ0) is 13.0. The molecule has 0 saturated heterocycles. The fourth-order valence-corrected chi connectivity index (χ4v) is 1.75. The van der Waals surface area contributed by atoms with Crippen molar-refractivity contribution < 1.29 is 9.32 Å². The smallest absolute Gasteiger partial charge is 0.226 e. The second kappa shape index (κ2) is 5.49. The Hall–Kier alpha value is -2.10. The predicted octanol–water partition coefficient (Wildman–Crippen LogP) is 2.15. The minimum absolute atomic E-state index is 0.0511. The van der Waals surface area contributed by atoms with Crippen molar-refractivity contribution in [2.24, 2.45) is 0 Å². The molecule has 1 N–H and O–H groups in total. The number of rotatable bonds is 4. The van der Waals surface area contributed by atoms with Crippen molar-refractivity contribution in [1.29, 1.82) is 0 Å². The molecule has 0 spiro atoms. The summed E-state index contributed by atoms with van der Waals surface area (Å²) in [5.41, 5.74) is 2.95. The molecular weight excluding hydrogens is 228 g/mol. The first-order chi connectivity index (χ1) is 8.63. The van der Waals surface area contributed by atoms with Crippen molar-refractivity contribution in [3.8, 4) is 0 Å². The van der Waals surface area contributed by atoms with Gasteiger partial charge in [-0.3, -0.25) is 4.79 Å². The van der Waals surface area contributed by atoms with Crippen LogP contribution in [0.2, 0.25) is 0 Å². The van der Waals surface area contributed by atoms with Crippen LogP contribution in [-0.2, 0) is 17.8 Å². The molecule has 94 valence electrons. The highest BCUT2D eigenvalue weighted by Gasteiger charge is 2.07. The largest absolute Gasteiger partial charge is 0.361 e. The third-order valence-electron chi connectivity index (χ3n) is 2.59. The van der Waals surface area contributed by atoms with E-state index in [1.54, 1.807) is 13.0 Å². The summed E-state index contributed by atoms with van der Waals surface area (Å²) in [6.45, 7) is 4.38. The number of hydrogen-bond acceptors (Lipinski definition) is 3. The maximum Gasteiger partial charge on any atom is 0.226 e. The van der Waals surface area contributed by atoms with E-state index < -0.39 is 0 Å². The Bertz CT molecular complexity index is 546. The lowest BCUT2D eigenvalue weighted by Gasteiger charge is -2.04. The number of nitrogens with one attached hydrogen (secondary N) is 1. The second-order valence-electron chi connectivity index (χ2n) is 4.37. The van der Waals surface area contributed by atoms with Gasteiger partial charge in [-0.05, 0) is 19.4 Å². The second-order valence-corrected chi connectivity index (χ2v) is 4.37. The van der Waals surface area contributed by atoms with Gasteiger partial charge in [0.25, 0.3) is 0 Å². The van der Waals surface area contributed by atoms with Crippen molar-refractivity contribution in [2.45, 2.75) is 26.8 Å². The van der Waals surface area contributed by atoms with Crippen molar-refractivity contribution in [2.75, 3.05) is 0 Å². The first kappa shape index (κ1) is 12.4. The highest BCUT2D eigenvalue weighted by molar-refractivity contribution is 5.78. The molecule has 0 fully saturated rings. The number of aromatic nitrogens is 1. The minimum atomic E-state index is -0.0511. The predicted molar refractivity (Wildman–Crippen MR) is 68.0 cm³/mol. The van der Waals surface area contributed by atoms with Crippen LogP contribution < -0.4 is 5.32 Å². The lowest BCUT2D eigenvalue weighted by Crippen LogP contribution is -2.24. The van der Waals surface area contributed by atoms with Gasteiger partial charge in [-0.2, -0.15) is 0 Å². The molecule has 0 aliphatic heterocycles. The molecule has 1 heterocycles. The Morgan fingerprint density at radius 1 is 1.33 bits per heavy atom. The Morgan fingerprint density at radius 3 is 2.83 bits per heavy atom. The summed E-state index contributed by atoms with van der Waals surface area (Å²) >= 11 is 0. The number of carbonyl (C=O) groups is 1. The summed E-state index contributed by atoms with van der Waals surface area (Å²) in [5.74, 6) is 0.668. The molecule has 4 nitrogen and oxygen atoms in total. The SMILES string of the molecule is Cc1cccc(CNC(=O)Cc2cc(C)on2)c1. The van der Waals surface area contributed by atoms with E-state index in [0.717, 1.165) is 11.3 Å². The zero-order valence-electron chi connectivity index (χ0n) is 10.6. The van der Waals surface area contributed by atoms with Crippen LogP contribution in [0.4, 0.5) is 0 Å². The zero-order valence-corrected chi connectivity index (χ0v) is 10.6. The average molecular weight is 244 g/mol. The van der Waals surface area contributed by atoms with Crippen LogP contribution in [0.15, 0.2) is 34.9 Å². The van der Waals surface area contributed by atoms with E-state index in [0.29, 0.717) is 12.2 Å². The number of benzene rings is 1. The highest BCUT2D eigenvalue weighted by atomic mass is 16.5. The summed E-state index contributed by atoms with van der Waals surface area (Å²) in [6.07, 6.45) is 0.253. The van der Waals surface area contributed by atoms with Gasteiger partial charge in [0.05, 0.1) is 12.1 Å². The molecule has 4 heteroatoms. The van der Waals surface area contributed by atoms with Crippen molar-refractivity contribution in [3.05, 3.63) is 52.9 Å². The molecule has 1 aromatic heterocycles. The summed E-state index contributed by atoms with van der Waals surface area (Å²) in [6, 6.07) is 9.83. The van der Waals surface area contributed by atoms with Gasteiger partial charge in [-0.25, -0.2) is 0 Å². The van der Waals surface area contributed by atoms with E-state index >= 15 is 0 Å². The average Bonchev–Trinajstić information content (AvgIpc) is 2.72. The molecule has 0 radical (unpaired) electrons. The van der Waals surface area contributed by atoms with Crippen LogP contribution in [0.25, 0.3) is 0 Å². The van der Waals surface area contributed by atoms with Crippen LogP contribution in [-0.4, -0.2) is 11.1 Å². The molecule has 0 bridgehead atoms. The molecule has 0 aliphatic carbocycles. The van der Waals surface area contributed by atoms with Crippen molar-refractivity contribution >= 4 is 5.91 Å². The monoisotopic (exact) mass is 244 g/mol. The van der Waals surface area contributed by atoms with Gasteiger partial charge in [0.1, 0.15) is 5.76 Å². The molecule has 0 saturated carbocycles. The first-order valence-corrected chi connectivity index (χ1v) is 5.88. The van der Waals surface area contributed by atoms with E-state index in [1.165, 1.54) is 5.56 Å². The Balaban J connectivity index is 1.85. The van der Waals surface area contributed by atoms with Crippen molar-refractivity contribution in [3.63, 3.8) is 0 Å². The minimum Gasteiger partial charge on any atom is -0.361 e. The maximum absolute atomic E-state index is 11.7. The molecule has 0 aliphatic rings. The number of nitrogens with zero attached hydrogens (tertiary/aromatic N) is 1. The molecule has 1 aromatic carbocycles. The molecular formula is C14H16N2O2. The van der Waals surface area contributed by atoms with Crippen LogP contribution in [0.5, 0.6) is 0 Å². The molecule has 2 rings (SSSR count). The van der Waals surface area contributed by atoms with Gasteiger partial charge in [0.15, 0.2) is 0 Å². The lowest BCUT2D eigenvalue weighted by atomic mass is 10.1. The maximum atomic E-state index is 11.7. The lowest BCUT2D eigenvalue weighted by molar-refractivity contribution is -0.120. The number of amides is 1. The van der Waals surface area contributed by atoms with Crippen LogP contribution in [0.1, 0.15) is 22.6 Å². The Kier molecular flexibility index (Phi) is 3.77. The van der Waals surface area contributed by atoms with Gasteiger partial charge in [0.2, 0.25) is 5.91 Å². The van der Waals surface area contributed by atoms with Crippen molar-refractivity contribution in [1.82, 2.24) is 10.5 Å². The third-order valence-corrected chi connectivity index (χ3v) is 2.59. The summed E-state index contributed by atoms with van der Waals surface area (Å²) in [4.78, 5) is 11.7. The fourth-order valence-electron chi connectivity index (χ4n) is 1.75. The van der Waals surface area contributed by atoms with Gasteiger partial charge in [0, 0.05) is 12.6 Å². The van der Waals surface area contributed by atoms with E-state index in [9.17, 15) is 4.79 Å². The van der Waals surface area contributed by atoms with E-state index in [2.05, 4.69) is 16.5 Å². The molecule has 0 atom stereocenters. The number of hydrogen-bond donors (Lipinski definition) is 1. The first-order valence-electron chi connectivity index (χ1n) is 5.88. The molecule has 0 unspecified atom stereocenters. The Labute approximate surface area is 106 Å². The van der Waals surface area contributed by atoms with E-state index in [1.807, 2.05) is 25.1 Å². The summed E-state index contributed by atoms with van der Waals surface area (Å²) in [7, 11) is 0. The van der Waals surface area contributed by atoms with E-state index in [4.69, 9.17) is 4.52 Å².